The number of imidazole rings is 1. The van der Waals surface area contributed by atoms with Crippen molar-refractivity contribution in [1.82, 2.24) is 14.5 Å². The zero-order valence-corrected chi connectivity index (χ0v) is 16.2. The molecule has 29 heavy (non-hydrogen) atoms. The predicted molar refractivity (Wildman–Crippen MR) is 106 cm³/mol. The third-order valence-corrected chi connectivity index (χ3v) is 5.59. The maximum Gasteiger partial charge on any atom is 0.416 e. The minimum absolute atomic E-state index is 0.0323. The minimum Gasteiger partial charge on any atom is -0.342 e. The molecule has 0 atom stereocenters. The highest BCUT2D eigenvalue weighted by atomic mass is 35.5. The van der Waals surface area contributed by atoms with Gasteiger partial charge in [0.25, 0.3) is 0 Å². The highest BCUT2D eigenvalue weighted by Crippen LogP contribution is 2.35. The number of carbonyl (C=O) groups is 1. The van der Waals surface area contributed by atoms with Gasteiger partial charge < -0.3 is 9.47 Å². The Kier molecular flexibility index (Phi) is 5.25. The second-order valence-corrected chi connectivity index (χ2v) is 7.38. The zero-order valence-electron chi connectivity index (χ0n) is 15.5. The molecule has 0 N–H and O–H groups in total. The predicted octanol–water partition coefficient (Wildman–Crippen LogP) is 5.12. The van der Waals surface area contributed by atoms with Gasteiger partial charge in [0.05, 0.1) is 16.6 Å². The summed E-state index contributed by atoms with van der Waals surface area (Å²) >= 11 is 5.66. The SMILES string of the molecule is O=C(CCl)N1CCC(n2c(-c3ccc(C(F)(F)F)cc3)nc3ccccc32)CC1. The van der Waals surface area contributed by atoms with E-state index < -0.39 is 11.7 Å². The van der Waals surface area contributed by atoms with Crippen LogP contribution in [0.3, 0.4) is 0 Å². The Morgan fingerprint density at radius 2 is 1.72 bits per heavy atom. The zero-order chi connectivity index (χ0) is 20.6. The van der Waals surface area contributed by atoms with Crippen molar-refractivity contribution in [2.45, 2.75) is 25.1 Å². The lowest BCUT2D eigenvalue weighted by atomic mass is 10.0. The van der Waals surface area contributed by atoms with Crippen molar-refractivity contribution in [2.24, 2.45) is 0 Å². The molecule has 1 aliphatic rings. The van der Waals surface area contributed by atoms with Crippen molar-refractivity contribution >= 4 is 28.5 Å². The normalized spacial score (nSPS) is 15.8. The molecule has 0 saturated carbocycles. The Bertz CT molecular complexity index is 1020. The Hall–Kier alpha value is -2.54. The topological polar surface area (TPSA) is 38.1 Å². The number of piperidine rings is 1. The molecule has 1 aliphatic heterocycles. The van der Waals surface area contributed by atoms with Crippen molar-refractivity contribution < 1.29 is 18.0 Å². The summed E-state index contributed by atoms with van der Waals surface area (Å²) in [6, 6.07) is 12.9. The van der Waals surface area contributed by atoms with Crippen molar-refractivity contribution in [3.8, 4) is 11.4 Å². The van der Waals surface area contributed by atoms with Crippen LogP contribution in [0.25, 0.3) is 22.4 Å². The number of aromatic nitrogens is 2. The van der Waals surface area contributed by atoms with E-state index in [-0.39, 0.29) is 17.8 Å². The number of para-hydroxylation sites is 2. The van der Waals surface area contributed by atoms with Gasteiger partial charge in [-0.1, -0.05) is 24.3 Å². The third kappa shape index (κ3) is 3.83. The van der Waals surface area contributed by atoms with Crippen molar-refractivity contribution in [3.63, 3.8) is 0 Å². The number of alkyl halides is 4. The van der Waals surface area contributed by atoms with E-state index >= 15 is 0 Å². The second kappa shape index (κ2) is 7.71. The molecular formula is C21H19ClF3N3O. The molecule has 0 spiro atoms. The molecule has 0 radical (unpaired) electrons. The van der Waals surface area contributed by atoms with Gasteiger partial charge in [-0.05, 0) is 37.1 Å². The fraction of sp³-hybridized carbons (Fsp3) is 0.333. The largest absolute Gasteiger partial charge is 0.416 e. The average Bonchev–Trinajstić information content (AvgIpc) is 3.12. The highest BCUT2D eigenvalue weighted by Gasteiger charge is 2.31. The molecule has 4 nitrogen and oxygen atoms in total. The Morgan fingerprint density at radius 3 is 2.34 bits per heavy atom. The first-order chi connectivity index (χ1) is 13.9. The number of likely N-dealkylation sites (tertiary alicyclic amines) is 1. The molecule has 0 bridgehead atoms. The number of amides is 1. The summed E-state index contributed by atoms with van der Waals surface area (Å²) in [7, 11) is 0. The molecule has 0 aliphatic carbocycles. The van der Waals surface area contributed by atoms with Gasteiger partial charge in [-0.15, -0.1) is 11.6 Å². The van der Waals surface area contributed by atoms with Gasteiger partial charge in [-0.25, -0.2) is 4.98 Å². The van der Waals surface area contributed by atoms with Crippen molar-refractivity contribution in [1.29, 1.82) is 0 Å². The maximum atomic E-state index is 12.9. The molecule has 4 rings (SSSR count). The van der Waals surface area contributed by atoms with Gasteiger partial charge in [-0.3, -0.25) is 4.79 Å². The molecule has 0 unspecified atom stereocenters. The first-order valence-electron chi connectivity index (χ1n) is 9.37. The smallest absolute Gasteiger partial charge is 0.342 e. The lowest BCUT2D eigenvalue weighted by Gasteiger charge is -2.33. The van der Waals surface area contributed by atoms with Gasteiger partial charge in [-0.2, -0.15) is 13.2 Å². The monoisotopic (exact) mass is 421 g/mol. The molecule has 2 aromatic carbocycles. The Balaban J connectivity index is 1.72. The molecule has 3 aromatic rings. The molecule has 1 aromatic heterocycles. The van der Waals surface area contributed by atoms with Crippen LogP contribution in [0.15, 0.2) is 48.5 Å². The van der Waals surface area contributed by atoms with E-state index in [1.54, 1.807) is 4.90 Å². The number of carbonyl (C=O) groups excluding carboxylic acids is 1. The van der Waals surface area contributed by atoms with Gasteiger partial charge in [0.15, 0.2) is 0 Å². The van der Waals surface area contributed by atoms with Crippen LogP contribution in [0.4, 0.5) is 13.2 Å². The summed E-state index contributed by atoms with van der Waals surface area (Å²) in [6.45, 7) is 1.18. The lowest BCUT2D eigenvalue weighted by Crippen LogP contribution is -2.39. The summed E-state index contributed by atoms with van der Waals surface area (Å²) in [5.74, 6) is 0.528. The number of nitrogens with zero attached hydrogens (tertiary/aromatic N) is 3. The quantitative estimate of drug-likeness (QED) is 0.550. The van der Waals surface area contributed by atoms with Crippen LogP contribution < -0.4 is 0 Å². The number of fused-ring (bicyclic) bond motifs is 1. The molecule has 8 heteroatoms. The van der Waals surface area contributed by atoms with Crippen LogP contribution >= 0.6 is 11.6 Å². The number of hydrogen-bond acceptors (Lipinski definition) is 2. The molecule has 2 heterocycles. The van der Waals surface area contributed by atoms with E-state index in [0.29, 0.717) is 24.5 Å². The Morgan fingerprint density at radius 1 is 1.07 bits per heavy atom. The fourth-order valence-electron chi connectivity index (χ4n) is 3.88. The maximum absolute atomic E-state index is 12.9. The van der Waals surface area contributed by atoms with E-state index in [2.05, 4.69) is 4.57 Å². The second-order valence-electron chi connectivity index (χ2n) is 7.11. The van der Waals surface area contributed by atoms with Crippen LogP contribution in [0, 0.1) is 0 Å². The molecular weight excluding hydrogens is 403 g/mol. The van der Waals surface area contributed by atoms with E-state index in [1.165, 1.54) is 12.1 Å². The fourth-order valence-corrected chi connectivity index (χ4v) is 4.05. The third-order valence-electron chi connectivity index (χ3n) is 5.36. The van der Waals surface area contributed by atoms with Gasteiger partial charge in [0.2, 0.25) is 5.91 Å². The first-order valence-corrected chi connectivity index (χ1v) is 9.90. The lowest BCUT2D eigenvalue weighted by molar-refractivity contribution is -0.137. The van der Waals surface area contributed by atoms with Crippen LogP contribution in [0.5, 0.6) is 0 Å². The van der Waals surface area contributed by atoms with Crippen LogP contribution in [0.2, 0.25) is 0 Å². The van der Waals surface area contributed by atoms with E-state index in [4.69, 9.17) is 16.6 Å². The molecule has 152 valence electrons. The van der Waals surface area contributed by atoms with Crippen LogP contribution in [-0.2, 0) is 11.0 Å². The standard InChI is InChI=1S/C21H19ClF3N3O/c22-13-19(29)27-11-9-16(10-12-27)28-18-4-2-1-3-17(18)26-20(28)14-5-7-15(8-6-14)21(23,24)25/h1-8,16H,9-13H2. The molecule has 1 fully saturated rings. The van der Waals surface area contributed by atoms with Crippen molar-refractivity contribution in [3.05, 3.63) is 54.1 Å². The van der Waals surface area contributed by atoms with Crippen molar-refractivity contribution in [2.75, 3.05) is 19.0 Å². The summed E-state index contributed by atoms with van der Waals surface area (Å²) in [4.78, 5) is 18.3. The summed E-state index contributed by atoms with van der Waals surface area (Å²) in [5, 5.41) is 0. The average molecular weight is 422 g/mol. The molecule has 1 amide bonds. The van der Waals surface area contributed by atoms with Gasteiger partial charge in [0.1, 0.15) is 11.7 Å². The summed E-state index contributed by atoms with van der Waals surface area (Å²) in [5.41, 5.74) is 1.68. The van der Waals surface area contributed by atoms with Gasteiger partial charge >= 0.3 is 6.18 Å². The highest BCUT2D eigenvalue weighted by molar-refractivity contribution is 6.27. The Labute approximate surface area is 170 Å². The summed E-state index contributed by atoms with van der Waals surface area (Å²) in [6.07, 6.45) is -2.91. The molecule has 1 saturated heterocycles. The van der Waals surface area contributed by atoms with Crippen LogP contribution in [-0.4, -0.2) is 39.3 Å². The number of halogens is 4. The number of rotatable bonds is 3. The van der Waals surface area contributed by atoms with E-state index in [0.717, 1.165) is 36.0 Å². The number of benzene rings is 2. The summed E-state index contributed by atoms with van der Waals surface area (Å²) < 4.78 is 40.9. The number of hydrogen-bond donors (Lipinski definition) is 0. The minimum atomic E-state index is -4.37. The van der Waals surface area contributed by atoms with Crippen LogP contribution in [0.1, 0.15) is 24.4 Å². The van der Waals surface area contributed by atoms with E-state index in [1.807, 2.05) is 24.3 Å². The van der Waals surface area contributed by atoms with Gasteiger partial charge in [0, 0.05) is 24.7 Å². The van der Waals surface area contributed by atoms with E-state index in [9.17, 15) is 18.0 Å². The first kappa shape index (κ1) is 19.8.